The van der Waals surface area contributed by atoms with Crippen LogP contribution in [-0.4, -0.2) is 49.5 Å². The zero-order valence-corrected chi connectivity index (χ0v) is 22.9. The molecule has 7 nitrogen and oxygen atoms in total. The third-order valence-corrected chi connectivity index (χ3v) is 6.91. The molecule has 0 unspecified atom stereocenters. The van der Waals surface area contributed by atoms with Gasteiger partial charge >= 0.3 is 0 Å². The number of rotatable bonds is 12. The Labute approximate surface area is 222 Å². The summed E-state index contributed by atoms with van der Waals surface area (Å²) in [5.74, 6) is -0.897. The molecule has 37 heavy (non-hydrogen) atoms. The number of carbonyl (C=O) groups excluding carboxylic acids is 2. The van der Waals surface area contributed by atoms with E-state index in [1.807, 2.05) is 31.3 Å². The fourth-order valence-corrected chi connectivity index (χ4v) is 4.34. The van der Waals surface area contributed by atoms with Crippen molar-refractivity contribution in [2.75, 3.05) is 25.5 Å². The number of thiazole rings is 1. The normalized spacial score (nSPS) is 13.5. The van der Waals surface area contributed by atoms with E-state index in [0.29, 0.717) is 30.1 Å². The van der Waals surface area contributed by atoms with Crippen molar-refractivity contribution in [2.45, 2.75) is 51.7 Å². The van der Waals surface area contributed by atoms with Crippen LogP contribution >= 0.6 is 11.3 Å². The number of aromatic nitrogens is 1. The van der Waals surface area contributed by atoms with Gasteiger partial charge in [0, 0.05) is 61.3 Å². The lowest BCUT2D eigenvalue weighted by molar-refractivity contribution is 0.0935. The second-order valence-electron chi connectivity index (χ2n) is 9.48. The van der Waals surface area contributed by atoms with Crippen LogP contribution in [-0.2, 0) is 6.42 Å². The molecule has 1 aromatic heterocycles. The molecule has 0 spiro atoms. The quantitative estimate of drug-likeness (QED) is 0.323. The van der Waals surface area contributed by atoms with Crippen LogP contribution in [0, 0.1) is 5.82 Å². The van der Waals surface area contributed by atoms with Gasteiger partial charge in [0.15, 0.2) is 0 Å². The van der Waals surface area contributed by atoms with Gasteiger partial charge in [0.25, 0.3) is 11.8 Å². The lowest BCUT2D eigenvalue weighted by Crippen LogP contribution is -2.45. The molecule has 3 atom stereocenters. The molecule has 3 N–H and O–H groups in total. The average Bonchev–Trinajstić information content (AvgIpc) is 3.40. The molecule has 0 aliphatic rings. The molecular weight excluding hydrogens is 489 g/mol. The Balaban J connectivity index is 1.79. The van der Waals surface area contributed by atoms with Crippen LogP contribution in [0.1, 0.15) is 65.2 Å². The van der Waals surface area contributed by atoms with E-state index in [0.717, 1.165) is 23.4 Å². The van der Waals surface area contributed by atoms with Gasteiger partial charge in [-0.05, 0) is 56.2 Å². The van der Waals surface area contributed by atoms with Crippen LogP contribution in [0.5, 0.6) is 0 Å². The maximum atomic E-state index is 13.4. The molecule has 3 aromatic rings. The van der Waals surface area contributed by atoms with Crippen LogP contribution in [0.2, 0.25) is 0 Å². The van der Waals surface area contributed by atoms with Crippen molar-refractivity contribution in [2.24, 2.45) is 0 Å². The van der Waals surface area contributed by atoms with Crippen LogP contribution in [0.3, 0.4) is 0 Å². The summed E-state index contributed by atoms with van der Waals surface area (Å²) in [7, 11) is 3.72. The van der Waals surface area contributed by atoms with Crippen molar-refractivity contribution in [3.05, 3.63) is 81.6 Å². The highest BCUT2D eigenvalue weighted by atomic mass is 32.1. The van der Waals surface area contributed by atoms with Crippen molar-refractivity contribution in [3.8, 4) is 0 Å². The molecule has 0 aliphatic carbocycles. The number of hydrogen-bond acceptors (Lipinski definition) is 6. The number of anilines is 1. The number of amides is 2. The van der Waals surface area contributed by atoms with Crippen molar-refractivity contribution in [1.29, 1.82) is 0 Å². The van der Waals surface area contributed by atoms with Crippen molar-refractivity contribution < 1.29 is 14.0 Å². The number of nitrogens with one attached hydrogen (secondary N) is 3. The van der Waals surface area contributed by atoms with Crippen molar-refractivity contribution in [1.82, 2.24) is 20.9 Å². The van der Waals surface area contributed by atoms with Gasteiger partial charge < -0.3 is 20.9 Å². The summed E-state index contributed by atoms with van der Waals surface area (Å²) in [5, 5.41) is 11.5. The largest absolute Gasteiger partial charge is 0.378 e. The summed E-state index contributed by atoms with van der Waals surface area (Å²) in [5.41, 5.74) is 5.01. The lowest BCUT2D eigenvalue weighted by atomic mass is 10.0. The first-order chi connectivity index (χ1) is 17.7. The van der Waals surface area contributed by atoms with Gasteiger partial charge in [0.05, 0.1) is 17.2 Å². The Bertz CT molecular complexity index is 1170. The number of nitrogens with zero attached hydrogens (tertiary/aromatic N) is 2. The van der Waals surface area contributed by atoms with E-state index in [4.69, 9.17) is 0 Å². The smallest absolute Gasteiger partial charge is 0.251 e. The molecule has 0 radical (unpaired) electrons. The third-order valence-electron chi connectivity index (χ3n) is 6.28. The van der Waals surface area contributed by atoms with Gasteiger partial charge in [-0.2, -0.15) is 0 Å². The summed E-state index contributed by atoms with van der Waals surface area (Å²) in [6, 6.07) is 11.0. The zero-order valence-electron chi connectivity index (χ0n) is 22.0. The van der Waals surface area contributed by atoms with E-state index in [1.165, 1.54) is 23.5 Å². The topological polar surface area (TPSA) is 86.4 Å². The molecule has 2 aromatic carbocycles. The Morgan fingerprint density at radius 2 is 1.68 bits per heavy atom. The second kappa shape index (κ2) is 13.3. The maximum Gasteiger partial charge on any atom is 0.251 e. The second-order valence-corrected chi connectivity index (χ2v) is 10.2. The molecule has 0 saturated carbocycles. The Kier molecular flexibility index (Phi) is 10.2. The molecule has 198 valence electrons. The molecule has 1 heterocycles. The van der Waals surface area contributed by atoms with Gasteiger partial charge in [-0.15, -0.1) is 11.3 Å². The minimum absolute atomic E-state index is 0.164. The molecule has 3 rings (SSSR count). The Hall–Kier alpha value is -3.30. The molecule has 0 bridgehead atoms. The summed E-state index contributed by atoms with van der Waals surface area (Å²) in [6.07, 6.45) is 1.59. The molecule has 0 saturated heterocycles. The minimum atomic E-state index is -0.331. The van der Waals surface area contributed by atoms with E-state index < -0.39 is 0 Å². The van der Waals surface area contributed by atoms with Crippen molar-refractivity contribution >= 4 is 28.8 Å². The first-order valence-corrected chi connectivity index (χ1v) is 13.4. The van der Waals surface area contributed by atoms with E-state index in [-0.39, 0.29) is 29.7 Å². The van der Waals surface area contributed by atoms with Gasteiger partial charge in [-0.3, -0.25) is 9.59 Å². The van der Waals surface area contributed by atoms with E-state index >= 15 is 0 Å². The Morgan fingerprint density at radius 1 is 1.03 bits per heavy atom. The van der Waals surface area contributed by atoms with Crippen LogP contribution in [0.4, 0.5) is 10.1 Å². The maximum absolute atomic E-state index is 13.4. The summed E-state index contributed by atoms with van der Waals surface area (Å²) < 4.78 is 13.3. The predicted octanol–water partition coefficient (Wildman–Crippen LogP) is 4.57. The molecule has 0 aliphatic heterocycles. The standard InChI is InChI=1S/C28H36FN5O2S/c1-6-18(2)30-15-24(14-25-16-37-17-31-25)33-28(36)22-11-21(12-26(13-22)34(4)5)27(35)32-19(3)20-7-9-23(29)10-8-20/h7-13,16-19,24,30H,6,14-15H2,1-5H3,(H,32,35)(H,33,36)/t18-,19-,24+/m1/s1. The first-order valence-electron chi connectivity index (χ1n) is 12.5. The molecule has 2 amide bonds. The molecular formula is C28H36FN5O2S. The third kappa shape index (κ3) is 8.36. The average molecular weight is 526 g/mol. The highest BCUT2D eigenvalue weighted by molar-refractivity contribution is 7.07. The number of halogens is 1. The number of carbonyl (C=O) groups is 2. The Morgan fingerprint density at radius 3 is 2.24 bits per heavy atom. The van der Waals surface area contributed by atoms with Gasteiger partial charge in [0.1, 0.15) is 5.82 Å². The van der Waals surface area contributed by atoms with Gasteiger partial charge in [0.2, 0.25) is 0 Å². The zero-order chi connectivity index (χ0) is 26.9. The van der Waals surface area contributed by atoms with E-state index in [9.17, 15) is 14.0 Å². The minimum Gasteiger partial charge on any atom is -0.378 e. The van der Waals surface area contributed by atoms with Crippen LogP contribution in [0.15, 0.2) is 53.4 Å². The summed E-state index contributed by atoms with van der Waals surface area (Å²) in [6.45, 7) is 6.66. The number of hydrogen-bond donors (Lipinski definition) is 3. The molecule has 9 heteroatoms. The fourth-order valence-electron chi connectivity index (χ4n) is 3.77. The highest BCUT2D eigenvalue weighted by Crippen LogP contribution is 2.20. The lowest BCUT2D eigenvalue weighted by Gasteiger charge is -2.22. The summed E-state index contributed by atoms with van der Waals surface area (Å²) in [4.78, 5) is 32.7. The fraction of sp³-hybridized carbons (Fsp3) is 0.393. The van der Waals surface area contributed by atoms with E-state index in [1.54, 1.807) is 35.8 Å². The SMILES string of the molecule is CC[C@@H](C)NC[C@H](Cc1cscn1)NC(=O)c1cc(C(=O)N[C@H](C)c2ccc(F)cc2)cc(N(C)C)c1. The van der Waals surface area contributed by atoms with Gasteiger partial charge in [-0.1, -0.05) is 19.1 Å². The van der Waals surface area contributed by atoms with Gasteiger partial charge in [-0.25, -0.2) is 9.37 Å². The van der Waals surface area contributed by atoms with E-state index in [2.05, 4.69) is 34.8 Å². The van der Waals surface area contributed by atoms with Crippen LogP contribution < -0.4 is 20.9 Å². The molecule has 0 fully saturated rings. The summed E-state index contributed by atoms with van der Waals surface area (Å²) >= 11 is 1.53. The monoisotopic (exact) mass is 525 g/mol. The highest BCUT2D eigenvalue weighted by Gasteiger charge is 2.20. The first kappa shape index (κ1) is 28.3. The van der Waals surface area contributed by atoms with Crippen LogP contribution in [0.25, 0.3) is 0 Å². The number of benzene rings is 2. The van der Waals surface area contributed by atoms with Crippen molar-refractivity contribution in [3.63, 3.8) is 0 Å². The predicted molar refractivity (Wildman–Crippen MR) is 148 cm³/mol.